The zero-order valence-corrected chi connectivity index (χ0v) is 14.4. The number of carbonyl (C=O) groups is 2. The van der Waals surface area contributed by atoms with Crippen LogP contribution >= 0.6 is 0 Å². The highest BCUT2D eigenvalue weighted by Gasteiger charge is 2.52. The van der Waals surface area contributed by atoms with Crippen LogP contribution in [0.2, 0.25) is 0 Å². The van der Waals surface area contributed by atoms with Gasteiger partial charge in [-0.1, -0.05) is 12.8 Å². The van der Waals surface area contributed by atoms with Crippen LogP contribution in [-0.4, -0.2) is 43.2 Å². The van der Waals surface area contributed by atoms with Crippen LogP contribution in [0.5, 0.6) is 5.75 Å². The van der Waals surface area contributed by atoms with E-state index in [4.69, 9.17) is 0 Å². The number of ether oxygens (including phenoxy) is 1. The zero-order valence-electron chi connectivity index (χ0n) is 14.4. The van der Waals surface area contributed by atoms with Gasteiger partial charge in [-0.2, -0.15) is 0 Å². The predicted molar refractivity (Wildman–Crippen MR) is 87.5 cm³/mol. The van der Waals surface area contributed by atoms with Gasteiger partial charge in [-0.25, -0.2) is 0 Å². The first-order chi connectivity index (χ1) is 12.2. The lowest BCUT2D eigenvalue weighted by molar-refractivity contribution is -0.274. The molecule has 3 rings (SSSR count). The highest BCUT2D eigenvalue weighted by molar-refractivity contribution is 5.95. The normalized spacial score (nSPS) is 21.8. The van der Waals surface area contributed by atoms with Gasteiger partial charge in [0.05, 0.1) is 5.92 Å². The number of nitrogens with one attached hydrogen (secondary N) is 1. The van der Waals surface area contributed by atoms with Gasteiger partial charge in [0, 0.05) is 31.1 Å². The largest absolute Gasteiger partial charge is 0.573 e. The Hall–Kier alpha value is -2.25. The quantitative estimate of drug-likeness (QED) is 0.890. The molecule has 1 aromatic rings. The molecule has 5 nitrogen and oxygen atoms in total. The average molecular weight is 370 g/mol. The highest BCUT2D eigenvalue weighted by atomic mass is 19.4. The molecule has 1 aromatic carbocycles. The molecule has 1 aliphatic heterocycles. The Morgan fingerprint density at radius 3 is 2.35 bits per heavy atom. The number of benzene rings is 1. The molecular weight excluding hydrogens is 349 g/mol. The fourth-order valence-electron chi connectivity index (χ4n) is 4.23. The van der Waals surface area contributed by atoms with Crippen LogP contribution in [0.25, 0.3) is 0 Å². The average Bonchev–Trinajstić information content (AvgIpc) is 3.21. The first-order valence-corrected chi connectivity index (χ1v) is 8.61. The molecule has 142 valence electrons. The number of halogens is 3. The summed E-state index contributed by atoms with van der Waals surface area (Å²) in [4.78, 5) is 26.7. The molecule has 2 amide bonds. The summed E-state index contributed by atoms with van der Waals surface area (Å²) in [6.45, 7) is 0.837. The lowest BCUT2D eigenvalue weighted by atomic mass is 9.76. The number of nitrogens with zero attached hydrogens (tertiary/aromatic N) is 1. The molecule has 1 heterocycles. The van der Waals surface area contributed by atoms with E-state index in [1.807, 2.05) is 0 Å². The maximum Gasteiger partial charge on any atom is 0.573 e. The Labute approximate surface area is 149 Å². The second-order valence-electron chi connectivity index (χ2n) is 6.99. The summed E-state index contributed by atoms with van der Waals surface area (Å²) < 4.78 is 40.5. The molecule has 0 radical (unpaired) electrons. The van der Waals surface area contributed by atoms with Gasteiger partial charge in [0.2, 0.25) is 5.91 Å². The van der Waals surface area contributed by atoms with Crippen molar-refractivity contribution < 1.29 is 27.5 Å². The second kappa shape index (κ2) is 6.81. The summed E-state index contributed by atoms with van der Waals surface area (Å²) in [5, 5.41) is 2.69. The highest BCUT2D eigenvalue weighted by Crippen LogP contribution is 2.49. The maximum atomic E-state index is 12.8. The van der Waals surface area contributed by atoms with Crippen molar-refractivity contribution in [3.05, 3.63) is 29.8 Å². The molecule has 1 atom stereocenters. The SMILES string of the molecule is CNC(=O)C1CN(C(=O)c2ccc(OC(F)(F)F)cc2)CC12CCCC2. The van der Waals surface area contributed by atoms with Crippen molar-refractivity contribution in [3.8, 4) is 5.75 Å². The summed E-state index contributed by atoms with van der Waals surface area (Å²) >= 11 is 0. The van der Waals surface area contributed by atoms with Gasteiger partial charge in [-0.05, 0) is 37.1 Å². The number of hydrogen-bond donors (Lipinski definition) is 1. The Morgan fingerprint density at radius 1 is 1.19 bits per heavy atom. The third-order valence-electron chi connectivity index (χ3n) is 5.43. The Balaban J connectivity index is 1.75. The number of alkyl halides is 3. The van der Waals surface area contributed by atoms with Crippen molar-refractivity contribution in [1.29, 1.82) is 0 Å². The lowest BCUT2D eigenvalue weighted by Crippen LogP contribution is -2.38. The summed E-state index contributed by atoms with van der Waals surface area (Å²) in [6, 6.07) is 4.88. The van der Waals surface area contributed by atoms with Gasteiger partial charge >= 0.3 is 6.36 Å². The molecule has 2 aliphatic rings. The molecule has 1 unspecified atom stereocenters. The number of carbonyl (C=O) groups excluding carboxylic acids is 2. The van der Waals surface area contributed by atoms with E-state index in [1.54, 1.807) is 11.9 Å². The van der Waals surface area contributed by atoms with Gasteiger partial charge in [0.1, 0.15) is 5.75 Å². The molecule has 1 spiro atoms. The second-order valence-corrected chi connectivity index (χ2v) is 6.99. The Bertz CT molecular complexity index is 682. The lowest BCUT2D eigenvalue weighted by Gasteiger charge is -2.28. The van der Waals surface area contributed by atoms with Gasteiger partial charge in [-0.3, -0.25) is 9.59 Å². The topological polar surface area (TPSA) is 58.6 Å². The number of likely N-dealkylation sites (tertiary alicyclic amines) is 1. The summed E-state index contributed by atoms with van der Waals surface area (Å²) in [5.74, 6) is -0.949. The van der Waals surface area contributed by atoms with Crippen molar-refractivity contribution in [2.24, 2.45) is 11.3 Å². The molecule has 26 heavy (non-hydrogen) atoms. The third kappa shape index (κ3) is 3.64. The maximum absolute atomic E-state index is 12.8. The van der Waals surface area contributed by atoms with Gasteiger partial charge < -0.3 is 15.0 Å². The van der Waals surface area contributed by atoms with Crippen molar-refractivity contribution in [3.63, 3.8) is 0 Å². The van der Waals surface area contributed by atoms with E-state index in [9.17, 15) is 22.8 Å². The standard InChI is InChI=1S/C18H21F3N2O3/c1-22-15(24)14-10-23(11-17(14)8-2-3-9-17)16(25)12-4-6-13(7-5-12)26-18(19,20)21/h4-7,14H,2-3,8-11H2,1H3,(H,22,24). The van der Waals surface area contributed by atoms with E-state index in [-0.39, 0.29) is 34.5 Å². The van der Waals surface area contributed by atoms with Crippen molar-refractivity contribution in [1.82, 2.24) is 10.2 Å². The molecular formula is C18H21F3N2O3. The number of rotatable bonds is 3. The van der Waals surface area contributed by atoms with Crippen LogP contribution in [0.1, 0.15) is 36.0 Å². The van der Waals surface area contributed by atoms with E-state index in [0.717, 1.165) is 37.8 Å². The fraction of sp³-hybridized carbons (Fsp3) is 0.556. The molecule has 0 aromatic heterocycles. The van der Waals surface area contributed by atoms with E-state index in [0.29, 0.717) is 13.1 Å². The van der Waals surface area contributed by atoms with Crippen LogP contribution in [0.4, 0.5) is 13.2 Å². The monoisotopic (exact) mass is 370 g/mol. The molecule has 1 N–H and O–H groups in total. The van der Waals surface area contributed by atoms with E-state index >= 15 is 0 Å². The van der Waals surface area contributed by atoms with Crippen LogP contribution in [-0.2, 0) is 4.79 Å². The van der Waals surface area contributed by atoms with Gasteiger partial charge in [0.25, 0.3) is 5.91 Å². The summed E-state index contributed by atoms with van der Waals surface area (Å²) in [7, 11) is 1.59. The van der Waals surface area contributed by atoms with Gasteiger partial charge in [0.15, 0.2) is 0 Å². The number of amides is 2. The molecule has 1 saturated heterocycles. The minimum Gasteiger partial charge on any atom is -0.406 e. The molecule has 1 saturated carbocycles. The van der Waals surface area contributed by atoms with E-state index < -0.39 is 6.36 Å². The Morgan fingerprint density at radius 2 is 1.81 bits per heavy atom. The number of hydrogen-bond acceptors (Lipinski definition) is 3. The molecule has 8 heteroatoms. The Kier molecular flexibility index (Phi) is 4.86. The van der Waals surface area contributed by atoms with Crippen LogP contribution in [0.15, 0.2) is 24.3 Å². The van der Waals surface area contributed by atoms with Gasteiger partial charge in [-0.15, -0.1) is 13.2 Å². The van der Waals surface area contributed by atoms with Crippen molar-refractivity contribution in [2.75, 3.05) is 20.1 Å². The van der Waals surface area contributed by atoms with E-state index in [2.05, 4.69) is 10.1 Å². The fourth-order valence-corrected chi connectivity index (χ4v) is 4.23. The smallest absolute Gasteiger partial charge is 0.406 e. The summed E-state index contributed by atoms with van der Waals surface area (Å²) in [5.41, 5.74) is 0.0972. The van der Waals surface area contributed by atoms with Crippen LogP contribution < -0.4 is 10.1 Å². The third-order valence-corrected chi connectivity index (χ3v) is 5.43. The van der Waals surface area contributed by atoms with E-state index in [1.165, 1.54) is 12.1 Å². The minimum absolute atomic E-state index is 0.0591. The van der Waals surface area contributed by atoms with Crippen molar-refractivity contribution >= 4 is 11.8 Å². The predicted octanol–water partition coefficient (Wildman–Crippen LogP) is 2.96. The summed E-state index contributed by atoms with van der Waals surface area (Å²) in [6.07, 6.45) is -0.867. The van der Waals surface area contributed by atoms with Crippen molar-refractivity contribution in [2.45, 2.75) is 32.0 Å². The zero-order chi connectivity index (χ0) is 18.9. The first kappa shape index (κ1) is 18.5. The molecule has 0 bridgehead atoms. The molecule has 2 fully saturated rings. The van der Waals surface area contributed by atoms with Crippen LogP contribution in [0, 0.1) is 11.3 Å². The first-order valence-electron chi connectivity index (χ1n) is 8.61. The van der Waals surface area contributed by atoms with Crippen LogP contribution in [0.3, 0.4) is 0 Å². The minimum atomic E-state index is -4.77. The molecule has 1 aliphatic carbocycles.